The number of likely N-dealkylation sites (tertiary alicyclic amines) is 1. The first kappa shape index (κ1) is 14.4. The zero-order valence-corrected chi connectivity index (χ0v) is 13.7. The molecule has 3 nitrogen and oxygen atoms in total. The molecule has 1 saturated heterocycles. The maximum absolute atomic E-state index is 5.29. The molecule has 0 bridgehead atoms. The number of rotatable bonds is 6. The maximum atomic E-state index is 5.29. The summed E-state index contributed by atoms with van der Waals surface area (Å²) < 4.78 is 6.34. The molecule has 4 heteroatoms. The van der Waals surface area contributed by atoms with E-state index in [0.29, 0.717) is 6.04 Å². The van der Waals surface area contributed by atoms with Gasteiger partial charge in [-0.25, -0.2) is 0 Å². The van der Waals surface area contributed by atoms with Crippen LogP contribution in [0.4, 0.5) is 0 Å². The number of hydrogen-bond donors (Lipinski definition) is 1. The van der Waals surface area contributed by atoms with Crippen molar-refractivity contribution >= 4 is 15.9 Å². The molecule has 0 amide bonds. The Balaban J connectivity index is 1.58. The van der Waals surface area contributed by atoms with E-state index in [4.69, 9.17) is 4.74 Å². The summed E-state index contributed by atoms with van der Waals surface area (Å²) in [6.45, 7) is 3.42. The maximum Gasteiger partial charge on any atom is 0.133 e. The molecule has 1 aliphatic heterocycles. The second kappa shape index (κ2) is 6.46. The number of halogens is 1. The van der Waals surface area contributed by atoms with Gasteiger partial charge < -0.3 is 10.1 Å². The summed E-state index contributed by atoms with van der Waals surface area (Å²) in [6.07, 6.45) is 5.40. The summed E-state index contributed by atoms with van der Waals surface area (Å²) in [6, 6.07) is 7.92. The van der Waals surface area contributed by atoms with Crippen LogP contribution in [0.5, 0.6) is 5.75 Å². The summed E-state index contributed by atoms with van der Waals surface area (Å²) in [5.74, 6) is 0.905. The molecule has 20 heavy (non-hydrogen) atoms. The SMILES string of the molecule is COc1ccc(CN2CCCC2CNC2CC2)cc1Br. The average Bonchev–Trinajstić information content (AvgIpc) is 3.17. The van der Waals surface area contributed by atoms with Crippen molar-refractivity contribution in [3.05, 3.63) is 28.2 Å². The molecule has 1 atom stereocenters. The van der Waals surface area contributed by atoms with Gasteiger partial charge in [0.15, 0.2) is 0 Å². The van der Waals surface area contributed by atoms with E-state index in [1.54, 1.807) is 7.11 Å². The third-order valence-corrected chi connectivity index (χ3v) is 4.94. The summed E-state index contributed by atoms with van der Waals surface area (Å²) in [5.41, 5.74) is 1.36. The van der Waals surface area contributed by atoms with E-state index in [0.717, 1.165) is 29.4 Å². The van der Waals surface area contributed by atoms with Gasteiger partial charge in [0.25, 0.3) is 0 Å². The number of hydrogen-bond acceptors (Lipinski definition) is 3. The minimum absolute atomic E-state index is 0.705. The minimum Gasteiger partial charge on any atom is -0.496 e. The molecule has 110 valence electrons. The van der Waals surface area contributed by atoms with Crippen LogP contribution in [0.3, 0.4) is 0 Å². The number of benzene rings is 1. The Hall–Kier alpha value is -0.580. The molecule has 2 fully saturated rings. The first-order valence-corrected chi connectivity index (χ1v) is 8.35. The number of nitrogens with one attached hydrogen (secondary N) is 1. The molecular formula is C16H23BrN2O. The van der Waals surface area contributed by atoms with Crippen LogP contribution in [0, 0.1) is 0 Å². The van der Waals surface area contributed by atoms with E-state index in [2.05, 4.69) is 38.3 Å². The van der Waals surface area contributed by atoms with Crippen molar-refractivity contribution in [2.45, 2.75) is 44.3 Å². The third-order valence-electron chi connectivity index (χ3n) is 4.32. The molecule has 0 spiro atoms. The fraction of sp³-hybridized carbons (Fsp3) is 0.625. The zero-order chi connectivity index (χ0) is 13.9. The molecule has 1 unspecified atom stereocenters. The summed E-state index contributed by atoms with van der Waals surface area (Å²) in [5, 5.41) is 3.67. The van der Waals surface area contributed by atoms with Gasteiger partial charge in [0.2, 0.25) is 0 Å². The summed E-state index contributed by atoms with van der Waals surface area (Å²) in [7, 11) is 1.71. The molecule has 3 rings (SSSR count). The van der Waals surface area contributed by atoms with E-state index in [9.17, 15) is 0 Å². The smallest absolute Gasteiger partial charge is 0.133 e. The Labute approximate surface area is 129 Å². The normalized spacial score (nSPS) is 23.2. The van der Waals surface area contributed by atoms with Crippen molar-refractivity contribution in [1.82, 2.24) is 10.2 Å². The molecule has 1 aromatic rings. The Morgan fingerprint density at radius 3 is 2.90 bits per heavy atom. The van der Waals surface area contributed by atoms with Crippen LogP contribution in [0.15, 0.2) is 22.7 Å². The fourth-order valence-electron chi connectivity index (χ4n) is 2.97. The average molecular weight is 339 g/mol. The van der Waals surface area contributed by atoms with Gasteiger partial charge in [-0.1, -0.05) is 6.07 Å². The Kier molecular flexibility index (Phi) is 4.64. The molecule has 1 heterocycles. The van der Waals surface area contributed by atoms with Crippen molar-refractivity contribution in [3.63, 3.8) is 0 Å². The lowest BCUT2D eigenvalue weighted by Crippen LogP contribution is -2.38. The molecule has 1 aromatic carbocycles. The van der Waals surface area contributed by atoms with Gasteiger partial charge in [-0.15, -0.1) is 0 Å². The van der Waals surface area contributed by atoms with Gasteiger partial charge in [0.05, 0.1) is 11.6 Å². The highest BCUT2D eigenvalue weighted by Gasteiger charge is 2.27. The highest BCUT2D eigenvalue weighted by molar-refractivity contribution is 9.10. The van der Waals surface area contributed by atoms with Crippen molar-refractivity contribution in [2.75, 3.05) is 20.2 Å². The zero-order valence-electron chi connectivity index (χ0n) is 12.1. The van der Waals surface area contributed by atoms with Crippen LogP contribution in [0.1, 0.15) is 31.2 Å². The van der Waals surface area contributed by atoms with E-state index in [1.165, 1.54) is 37.8 Å². The van der Waals surface area contributed by atoms with Gasteiger partial charge in [-0.2, -0.15) is 0 Å². The van der Waals surface area contributed by atoms with Gasteiger partial charge >= 0.3 is 0 Å². The van der Waals surface area contributed by atoms with E-state index >= 15 is 0 Å². The van der Waals surface area contributed by atoms with Crippen LogP contribution in [0.25, 0.3) is 0 Å². The van der Waals surface area contributed by atoms with Gasteiger partial charge in [0, 0.05) is 25.2 Å². The highest BCUT2D eigenvalue weighted by Crippen LogP contribution is 2.28. The Morgan fingerprint density at radius 1 is 1.35 bits per heavy atom. The monoisotopic (exact) mass is 338 g/mol. The second-order valence-electron chi connectivity index (χ2n) is 5.92. The quantitative estimate of drug-likeness (QED) is 0.862. The predicted octanol–water partition coefficient (Wildman–Crippen LogP) is 3.17. The van der Waals surface area contributed by atoms with Gasteiger partial charge in [-0.05, 0) is 65.9 Å². The standard InChI is InChI=1S/C16H23BrN2O/c1-20-16-7-4-12(9-15(16)17)11-19-8-2-3-14(19)10-18-13-5-6-13/h4,7,9,13-14,18H,2-3,5-6,8,10-11H2,1H3. The first-order chi connectivity index (χ1) is 9.76. The van der Waals surface area contributed by atoms with Crippen LogP contribution in [-0.4, -0.2) is 37.2 Å². The third kappa shape index (κ3) is 3.54. The number of ether oxygens (including phenoxy) is 1. The largest absolute Gasteiger partial charge is 0.496 e. The summed E-state index contributed by atoms with van der Waals surface area (Å²) >= 11 is 3.57. The first-order valence-electron chi connectivity index (χ1n) is 7.56. The van der Waals surface area contributed by atoms with Crippen molar-refractivity contribution in [3.8, 4) is 5.75 Å². The highest BCUT2D eigenvalue weighted by atomic mass is 79.9. The van der Waals surface area contributed by atoms with Crippen molar-refractivity contribution in [2.24, 2.45) is 0 Å². The Morgan fingerprint density at radius 2 is 2.20 bits per heavy atom. The molecular weight excluding hydrogens is 316 g/mol. The lowest BCUT2D eigenvalue weighted by molar-refractivity contribution is 0.238. The van der Waals surface area contributed by atoms with Crippen molar-refractivity contribution in [1.29, 1.82) is 0 Å². The van der Waals surface area contributed by atoms with Crippen LogP contribution >= 0.6 is 15.9 Å². The van der Waals surface area contributed by atoms with Crippen LogP contribution in [-0.2, 0) is 6.54 Å². The lowest BCUT2D eigenvalue weighted by Gasteiger charge is -2.25. The minimum atomic E-state index is 0.705. The molecule has 1 aliphatic carbocycles. The van der Waals surface area contributed by atoms with Crippen molar-refractivity contribution < 1.29 is 4.74 Å². The molecule has 0 radical (unpaired) electrons. The molecule has 1 N–H and O–H groups in total. The van der Waals surface area contributed by atoms with Crippen LogP contribution < -0.4 is 10.1 Å². The molecule has 1 saturated carbocycles. The van der Waals surface area contributed by atoms with Gasteiger partial charge in [-0.3, -0.25) is 4.90 Å². The summed E-state index contributed by atoms with van der Waals surface area (Å²) in [4.78, 5) is 2.61. The topological polar surface area (TPSA) is 24.5 Å². The molecule has 2 aliphatic rings. The second-order valence-corrected chi connectivity index (χ2v) is 6.77. The van der Waals surface area contributed by atoms with E-state index in [-0.39, 0.29) is 0 Å². The Bertz CT molecular complexity index is 462. The lowest BCUT2D eigenvalue weighted by atomic mass is 10.1. The van der Waals surface area contributed by atoms with E-state index < -0.39 is 0 Å². The van der Waals surface area contributed by atoms with Gasteiger partial charge in [0.1, 0.15) is 5.75 Å². The van der Waals surface area contributed by atoms with E-state index in [1.807, 2.05) is 6.07 Å². The fourth-order valence-corrected chi connectivity index (χ4v) is 3.56. The van der Waals surface area contributed by atoms with Crippen LogP contribution in [0.2, 0.25) is 0 Å². The number of methoxy groups -OCH3 is 1. The number of nitrogens with zero attached hydrogens (tertiary/aromatic N) is 1. The predicted molar refractivity (Wildman–Crippen MR) is 85.2 cm³/mol. The molecule has 0 aromatic heterocycles.